The van der Waals surface area contributed by atoms with Gasteiger partial charge in [0.2, 0.25) is 5.91 Å². The van der Waals surface area contributed by atoms with Gasteiger partial charge in [-0.05, 0) is 35.4 Å². The van der Waals surface area contributed by atoms with Crippen LogP contribution < -0.4 is 18.9 Å². The summed E-state index contributed by atoms with van der Waals surface area (Å²) in [6, 6.07) is 8.30. The maximum absolute atomic E-state index is 14.4. The third kappa shape index (κ3) is 4.31. The Morgan fingerprint density at radius 3 is 2.05 bits per heavy atom. The van der Waals surface area contributed by atoms with Gasteiger partial charge in [-0.25, -0.2) is 0 Å². The first kappa shape index (κ1) is 26.1. The number of likely N-dealkylation sites (N-methyl/N-ethyl adjacent to an activating group) is 1. The summed E-state index contributed by atoms with van der Waals surface area (Å²) in [6.45, 7) is 2.13. The van der Waals surface area contributed by atoms with Gasteiger partial charge in [0.25, 0.3) is 5.91 Å². The first-order valence-electron chi connectivity index (χ1n) is 12.7. The molecule has 0 aromatic heterocycles. The van der Waals surface area contributed by atoms with E-state index in [1.165, 1.54) is 14.2 Å². The largest absolute Gasteiger partial charge is 0.493 e. The molecule has 3 aliphatic heterocycles. The Balaban J connectivity index is 1.60. The number of benzene rings is 2. The van der Waals surface area contributed by atoms with E-state index in [0.717, 1.165) is 5.56 Å². The molecule has 0 bridgehead atoms. The lowest BCUT2D eigenvalue weighted by molar-refractivity contribution is -0.188. The summed E-state index contributed by atoms with van der Waals surface area (Å²) in [5.74, 6) is 0.384. The molecule has 1 spiro atoms. The Morgan fingerprint density at radius 2 is 1.45 bits per heavy atom. The zero-order valence-corrected chi connectivity index (χ0v) is 22.4. The highest BCUT2D eigenvalue weighted by molar-refractivity contribution is 6.02. The average molecular weight is 527 g/mol. The van der Waals surface area contributed by atoms with E-state index in [1.807, 2.05) is 17.0 Å². The summed E-state index contributed by atoms with van der Waals surface area (Å²) in [5.41, 5.74) is 1.77. The molecule has 2 aromatic rings. The van der Waals surface area contributed by atoms with Crippen LogP contribution >= 0.6 is 0 Å². The minimum Gasteiger partial charge on any atom is -0.493 e. The fourth-order valence-electron chi connectivity index (χ4n) is 5.82. The standard InChI is InChI=1S/C28H34N2O8/c1-29-25(17-6-7-20(33-2)21(14-17)34-3)24(18-15-22(35-4)23(36-5)16-19(18)26(29)31)27(32)30-10-8-28(9-11-30)37-12-13-38-28/h6-7,14-16,24-25H,8-13H2,1-5H3/t24-,25-/m1/s1. The molecule has 38 heavy (non-hydrogen) atoms. The van der Waals surface area contributed by atoms with Crippen molar-refractivity contribution >= 4 is 11.8 Å². The van der Waals surface area contributed by atoms with Gasteiger partial charge in [-0.2, -0.15) is 0 Å². The molecule has 2 saturated heterocycles. The number of fused-ring (bicyclic) bond motifs is 1. The molecule has 3 aliphatic rings. The first-order valence-corrected chi connectivity index (χ1v) is 12.7. The van der Waals surface area contributed by atoms with Gasteiger partial charge in [0.1, 0.15) is 0 Å². The van der Waals surface area contributed by atoms with Crippen LogP contribution in [0.1, 0.15) is 46.3 Å². The molecule has 2 amide bonds. The highest BCUT2D eigenvalue weighted by atomic mass is 16.7. The van der Waals surface area contributed by atoms with Crippen LogP contribution in [0, 0.1) is 0 Å². The van der Waals surface area contributed by atoms with E-state index in [-0.39, 0.29) is 11.8 Å². The van der Waals surface area contributed by atoms with Crippen LogP contribution in [0.15, 0.2) is 30.3 Å². The molecule has 10 nitrogen and oxygen atoms in total. The topological polar surface area (TPSA) is 96.0 Å². The monoisotopic (exact) mass is 526 g/mol. The van der Waals surface area contributed by atoms with Gasteiger partial charge in [0.05, 0.1) is 53.6 Å². The van der Waals surface area contributed by atoms with Crippen LogP contribution in [0.2, 0.25) is 0 Å². The number of methoxy groups -OCH3 is 4. The van der Waals surface area contributed by atoms with Crippen molar-refractivity contribution in [2.24, 2.45) is 0 Å². The van der Waals surface area contributed by atoms with E-state index in [4.69, 9.17) is 28.4 Å². The summed E-state index contributed by atoms with van der Waals surface area (Å²) in [7, 11) is 7.90. The van der Waals surface area contributed by atoms with Gasteiger partial charge >= 0.3 is 0 Å². The van der Waals surface area contributed by atoms with Crippen LogP contribution in [0.25, 0.3) is 0 Å². The predicted molar refractivity (Wildman–Crippen MR) is 137 cm³/mol. The number of piperidine rings is 1. The number of likely N-dealkylation sites (tertiary alicyclic amines) is 1. The fourth-order valence-corrected chi connectivity index (χ4v) is 5.82. The van der Waals surface area contributed by atoms with E-state index in [0.29, 0.717) is 73.3 Å². The molecule has 0 aliphatic carbocycles. The fraction of sp³-hybridized carbons (Fsp3) is 0.500. The normalized spacial score (nSPS) is 22.3. The Bertz CT molecular complexity index is 1220. The van der Waals surface area contributed by atoms with Crippen molar-refractivity contribution in [3.63, 3.8) is 0 Å². The van der Waals surface area contributed by atoms with Crippen molar-refractivity contribution in [3.8, 4) is 23.0 Å². The van der Waals surface area contributed by atoms with E-state index in [1.54, 1.807) is 44.4 Å². The molecule has 0 N–H and O–H groups in total. The average Bonchev–Trinajstić information content (AvgIpc) is 3.41. The van der Waals surface area contributed by atoms with Crippen molar-refractivity contribution in [3.05, 3.63) is 47.0 Å². The number of rotatable bonds is 6. The highest BCUT2D eigenvalue weighted by Crippen LogP contribution is 2.48. The van der Waals surface area contributed by atoms with E-state index in [9.17, 15) is 9.59 Å². The third-order valence-corrected chi connectivity index (χ3v) is 7.84. The van der Waals surface area contributed by atoms with Gasteiger partial charge < -0.3 is 38.2 Å². The zero-order valence-electron chi connectivity index (χ0n) is 22.4. The lowest BCUT2D eigenvalue weighted by Gasteiger charge is -2.44. The molecule has 0 saturated carbocycles. The van der Waals surface area contributed by atoms with E-state index < -0.39 is 17.7 Å². The third-order valence-electron chi connectivity index (χ3n) is 7.84. The number of hydrogen-bond donors (Lipinski definition) is 0. The predicted octanol–water partition coefficient (Wildman–Crippen LogP) is 3.00. The van der Waals surface area contributed by atoms with Crippen molar-refractivity contribution in [1.29, 1.82) is 0 Å². The van der Waals surface area contributed by atoms with Gasteiger partial charge in [0.15, 0.2) is 28.8 Å². The van der Waals surface area contributed by atoms with Gasteiger partial charge in [-0.3, -0.25) is 9.59 Å². The highest BCUT2D eigenvalue weighted by Gasteiger charge is 2.47. The van der Waals surface area contributed by atoms with Crippen LogP contribution in [0.3, 0.4) is 0 Å². The molecule has 0 unspecified atom stereocenters. The Kier molecular flexibility index (Phi) is 7.11. The number of carbonyl (C=O) groups excluding carboxylic acids is 2. The van der Waals surface area contributed by atoms with Crippen molar-refractivity contribution < 1.29 is 38.0 Å². The molecule has 204 valence electrons. The summed E-state index contributed by atoms with van der Waals surface area (Å²) in [6.07, 6.45) is 1.19. The molecule has 2 fully saturated rings. The number of nitrogens with zero attached hydrogens (tertiary/aromatic N) is 2. The summed E-state index contributed by atoms with van der Waals surface area (Å²) in [4.78, 5) is 31.5. The van der Waals surface area contributed by atoms with Crippen LogP contribution in [-0.4, -0.2) is 89.2 Å². The van der Waals surface area contributed by atoms with Crippen LogP contribution in [-0.2, 0) is 14.3 Å². The van der Waals surface area contributed by atoms with Gasteiger partial charge in [0, 0.05) is 38.5 Å². The lowest BCUT2D eigenvalue weighted by Crippen LogP contribution is -2.51. The maximum Gasteiger partial charge on any atom is 0.254 e. The molecule has 3 heterocycles. The number of carbonyl (C=O) groups is 2. The van der Waals surface area contributed by atoms with Gasteiger partial charge in [-0.15, -0.1) is 0 Å². The van der Waals surface area contributed by atoms with Crippen molar-refractivity contribution in [2.75, 3.05) is 61.8 Å². The van der Waals surface area contributed by atoms with Crippen LogP contribution in [0.4, 0.5) is 0 Å². The van der Waals surface area contributed by atoms with Crippen molar-refractivity contribution in [1.82, 2.24) is 9.80 Å². The molecular weight excluding hydrogens is 492 g/mol. The minimum atomic E-state index is -0.690. The molecule has 0 radical (unpaired) electrons. The second-order valence-corrected chi connectivity index (χ2v) is 9.68. The molecule has 2 aromatic carbocycles. The second-order valence-electron chi connectivity index (χ2n) is 9.68. The quantitative estimate of drug-likeness (QED) is 0.567. The Labute approximate surface area is 222 Å². The zero-order chi connectivity index (χ0) is 27.0. The van der Waals surface area contributed by atoms with Gasteiger partial charge in [-0.1, -0.05) is 6.07 Å². The van der Waals surface area contributed by atoms with E-state index in [2.05, 4.69) is 0 Å². The summed E-state index contributed by atoms with van der Waals surface area (Å²) >= 11 is 0. The molecule has 10 heteroatoms. The Hall–Kier alpha value is -3.50. The van der Waals surface area contributed by atoms with E-state index >= 15 is 0 Å². The molecule has 5 rings (SSSR count). The number of hydrogen-bond acceptors (Lipinski definition) is 8. The smallest absolute Gasteiger partial charge is 0.254 e. The first-order chi connectivity index (χ1) is 18.4. The number of amides is 2. The number of ether oxygens (including phenoxy) is 6. The molecule has 2 atom stereocenters. The summed E-state index contributed by atoms with van der Waals surface area (Å²) in [5, 5.41) is 0. The minimum absolute atomic E-state index is 0.0783. The molecular formula is C28H34N2O8. The maximum atomic E-state index is 14.4. The SMILES string of the molecule is COc1ccc([C@@H]2[C@H](C(=O)N3CCC4(CC3)OCCO4)c3cc(OC)c(OC)cc3C(=O)N2C)cc1OC. The lowest BCUT2D eigenvalue weighted by atomic mass is 9.78. The Morgan fingerprint density at radius 1 is 0.868 bits per heavy atom. The summed E-state index contributed by atoms with van der Waals surface area (Å²) < 4.78 is 33.7. The van der Waals surface area contributed by atoms with Crippen molar-refractivity contribution in [2.45, 2.75) is 30.6 Å². The second kappa shape index (κ2) is 10.3. The van der Waals surface area contributed by atoms with Crippen LogP contribution in [0.5, 0.6) is 23.0 Å².